The van der Waals surface area contributed by atoms with E-state index < -0.39 is 18.0 Å². The third kappa shape index (κ3) is 9.26. The first-order chi connectivity index (χ1) is 8.99. The number of ether oxygens (including phenoxy) is 2. The van der Waals surface area contributed by atoms with Gasteiger partial charge in [0.2, 0.25) is 0 Å². The van der Waals surface area contributed by atoms with Crippen LogP contribution in [0.4, 0.5) is 4.79 Å². The van der Waals surface area contributed by atoms with Crippen LogP contribution in [0.25, 0.3) is 0 Å². The van der Waals surface area contributed by atoms with Crippen molar-refractivity contribution in [1.29, 1.82) is 0 Å². The Labute approximate surface area is 113 Å². The normalized spacial score (nSPS) is 12.2. The number of carbonyl (C=O) groups excluding carboxylic acids is 1. The number of methoxy groups -OCH3 is 1. The molecule has 112 valence electrons. The quantitative estimate of drug-likeness (QED) is 0.503. The Morgan fingerprint density at radius 2 is 1.89 bits per heavy atom. The average molecular weight is 276 g/mol. The van der Waals surface area contributed by atoms with Gasteiger partial charge in [0.15, 0.2) is 0 Å². The summed E-state index contributed by atoms with van der Waals surface area (Å²) in [7, 11) is 1.60. The number of urea groups is 1. The minimum absolute atomic E-state index is 0.166. The number of amides is 2. The highest BCUT2D eigenvalue weighted by Gasteiger charge is 2.22. The predicted octanol–water partition coefficient (Wildman–Crippen LogP) is 0.448. The number of carboxylic acid groups (broad SMARTS) is 1. The number of rotatable bonds is 10. The van der Waals surface area contributed by atoms with Crippen molar-refractivity contribution < 1.29 is 24.2 Å². The van der Waals surface area contributed by atoms with E-state index in [-0.39, 0.29) is 5.92 Å². The Morgan fingerprint density at radius 3 is 2.42 bits per heavy atom. The summed E-state index contributed by atoms with van der Waals surface area (Å²) in [4.78, 5) is 22.3. The predicted molar refractivity (Wildman–Crippen MR) is 70.1 cm³/mol. The molecule has 1 unspecified atom stereocenters. The Morgan fingerprint density at radius 1 is 1.21 bits per heavy atom. The molecule has 0 aromatic carbocycles. The monoisotopic (exact) mass is 276 g/mol. The Hall–Kier alpha value is -1.34. The molecule has 1 atom stereocenters. The number of hydrogen-bond acceptors (Lipinski definition) is 4. The van der Waals surface area contributed by atoms with Gasteiger partial charge in [-0.05, 0) is 12.3 Å². The van der Waals surface area contributed by atoms with E-state index >= 15 is 0 Å². The van der Waals surface area contributed by atoms with Gasteiger partial charge in [-0.1, -0.05) is 13.8 Å². The van der Waals surface area contributed by atoms with Gasteiger partial charge in [-0.3, -0.25) is 0 Å². The Bertz CT molecular complexity index is 271. The maximum Gasteiger partial charge on any atom is 0.326 e. The third-order valence-electron chi connectivity index (χ3n) is 2.40. The highest BCUT2D eigenvalue weighted by Crippen LogP contribution is 2.01. The summed E-state index contributed by atoms with van der Waals surface area (Å²) in [5.41, 5.74) is 0. The first kappa shape index (κ1) is 17.7. The van der Waals surface area contributed by atoms with Gasteiger partial charge >= 0.3 is 12.0 Å². The molecule has 0 aliphatic heterocycles. The van der Waals surface area contributed by atoms with Gasteiger partial charge in [0.25, 0.3) is 0 Å². The minimum atomic E-state index is -1.03. The fourth-order valence-corrected chi connectivity index (χ4v) is 1.33. The molecular formula is C12H24N2O5. The van der Waals surface area contributed by atoms with Crippen molar-refractivity contribution in [2.45, 2.75) is 26.3 Å². The van der Waals surface area contributed by atoms with Crippen LogP contribution in [0.3, 0.4) is 0 Å². The molecule has 0 aromatic rings. The summed E-state index contributed by atoms with van der Waals surface area (Å²) in [6.45, 7) is 5.50. The summed E-state index contributed by atoms with van der Waals surface area (Å²) in [6.07, 6.45) is 0.663. The molecule has 0 spiro atoms. The summed E-state index contributed by atoms with van der Waals surface area (Å²) >= 11 is 0. The Kier molecular flexibility index (Phi) is 9.82. The SMILES string of the molecule is COCCOCCCNC(=O)NC(C(=O)O)C(C)C. The number of aliphatic carboxylic acids is 1. The molecule has 0 saturated heterocycles. The first-order valence-electron chi connectivity index (χ1n) is 6.33. The van der Waals surface area contributed by atoms with Gasteiger partial charge in [-0.2, -0.15) is 0 Å². The van der Waals surface area contributed by atoms with E-state index in [0.29, 0.717) is 32.8 Å². The molecular weight excluding hydrogens is 252 g/mol. The van der Waals surface area contributed by atoms with Crippen LogP contribution in [0.15, 0.2) is 0 Å². The van der Waals surface area contributed by atoms with Crippen molar-refractivity contribution in [3.05, 3.63) is 0 Å². The summed E-state index contributed by atoms with van der Waals surface area (Å²) in [5.74, 6) is -1.20. The Balaban J connectivity index is 3.66. The van der Waals surface area contributed by atoms with Crippen molar-refractivity contribution in [3.63, 3.8) is 0 Å². The second-order valence-electron chi connectivity index (χ2n) is 4.42. The molecule has 2 amide bonds. The maximum atomic E-state index is 11.5. The fourth-order valence-electron chi connectivity index (χ4n) is 1.33. The highest BCUT2D eigenvalue weighted by molar-refractivity contribution is 5.82. The van der Waals surface area contributed by atoms with E-state index in [1.807, 2.05) is 0 Å². The van der Waals surface area contributed by atoms with Gasteiger partial charge in [0.05, 0.1) is 13.2 Å². The summed E-state index contributed by atoms with van der Waals surface area (Å²) < 4.78 is 10.0. The molecule has 0 fully saturated rings. The third-order valence-corrected chi connectivity index (χ3v) is 2.40. The van der Waals surface area contributed by atoms with Crippen LogP contribution in [-0.2, 0) is 14.3 Å². The van der Waals surface area contributed by atoms with Crippen LogP contribution in [0, 0.1) is 5.92 Å². The zero-order chi connectivity index (χ0) is 14.7. The molecule has 7 heteroatoms. The van der Waals surface area contributed by atoms with Gasteiger partial charge in [0, 0.05) is 20.3 Å². The van der Waals surface area contributed by atoms with Crippen molar-refractivity contribution in [3.8, 4) is 0 Å². The van der Waals surface area contributed by atoms with Gasteiger partial charge < -0.3 is 25.2 Å². The number of carboxylic acids is 1. The van der Waals surface area contributed by atoms with Gasteiger partial charge in [-0.15, -0.1) is 0 Å². The molecule has 0 aromatic heterocycles. The lowest BCUT2D eigenvalue weighted by atomic mass is 10.1. The molecule has 0 heterocycles. The molecule has 7 nitrogen and oxygen atoms in total. The molecule has 3 N–H and O–H groups in total. The minimum Gasteiger partial charge on any atom is -0.480 e. The smallest absolute Gasteiger partial charge is 0.326 e. The molecule has 0 aliphatic rings. The van der Waals surface area contributed by atoms with Crippen LogP contribution in [-0.4, -0.2) is 56.6 Å². The molecule has 0 saturated carbocycles. The van der Waals surface area contributed by atoms with E-state index in [1.165, 1.54) is 0 Å². The zero-order valence-electron chi connectivity index (χ0n) is 11.8. The van der Waals surface area contributed by atoms with Crippen LogP contribution in [0.1, 0.15) is 20.3 Å². The topological polar surface area (TPSA) is 96.9 Å². The molecule has 0 bridgehead atoms. The number of hydrogen-bond donors (Lipinski definition) is 3. The van der Waals surface area contributed by atoms with Crippen LogP contribution in [0.5, 0.6) is 0 Å². The van der Waals surface area contributed by atoms with Crippen molar-refractivity contribution in [2.75, 3.05) is 33.5 Å². The van der Waals surface area contributed by atoms with Crippen LogP contribution in [0.2, 0.25) is 0 Å². The van der Waals surface area contributed by atoms with Crippen molar-refractivity contribution in [2.24, 2.45) is 5.92 Å². The average Bonchev–Trinajstić information content (AvgIpc) is 2.34. The lowest BCUT2D eigenvalue weighted by molar-refractivity contribution is -0.140. The molecule has 0 aliphatic carbocycles. The second kappa shape index (κ2) is 10.6. The lowest BCUT2D eigenvalue weighted by Gasteiger charge is -2.18. The largest absolute Gasteiger partial charge is 0.480 e. The first-order valence-corrected chi connectivity index (χ1v) is 6.33. The molecule has 0 rings (SSSR count). The van der Waals surface area contributed by atoms with Crippen molar-refractivity contribution in [1.82, 2.24) is 10.6 Å². The van der Waals surface area contributed by atoms with E-state index in [9.17, 15) is 9.59 Å². The summed E-state index contributed by atoms with van der Waals surface area (Å²) in [6, 6.07) is -1.35. The van der Waals surface area contributed by atoms with Crippen molar-refractivity contribution >= 4 is 12.0 Å². The summed E-state index contributed by atoms with van der Waals surface area (Å²) in [5, 5.41) is 13.9. The standard InChI is InChI=1S/C12H24N2O5/c1-9(2)10(11(15)16)14-12(17)13-5-4-6-19-8-7-18-3/h9-10H,4-8H2,1-3H3,(H,15,16)(H2,13,14,17). The van der Waals surface area contributed by atoms with Crippen LogP contribution >= 0.6 is 0 Å². The number of nitrogens with one attached hydrogen (secondary N) is 2. The number of carbonyl (C=O) groups is 2. The van der Waals surface area contributed by atoms with E-state index in [4.69, 9.17) is 14.6 Å². The molecule has 0 radical (unpaired) electrons. The zero-order valence-corrected chi connectivity index (χ0v) is 11.8. The fraction of sp³-hybridized carbons (Fsp3) is 0.833. The van der Waals surface area contributed by atoms with Gasteiger partial charge in [0.1, 0.15) is 6.04 Å². The van der Waals surface area contributed by atoms with Gasteiger partial charge in [-0.25, -0.2) is 9.59 Å². The molecule has 19 heavy (non-hydrogen) atoms. The van der Waals surface area contributed by atoms with Crippen LogP contribution < -0.4 is 10.6 Å². The van der Waals surface area contributed by atoms with E-state index in [0.717, 1.165) is 0 Å². The lowest BCUT2D eigenvalue weighted by Crippen LogP contribution is -2.48. The maximum absolute atomic E-state index is 11.5. The van der Waals surface area contributed by atoms with E-state index in [1.54, 1.807) is 21.0 Å². The second-order valence-corrected chi connectivity index (χ2v) is 4.42. The highest BCUT2D eigenvalue weighted by atomic mass is 16.5. The van der Waals surface area contributed by atoms with E-state index in [2.05, 4.69) is 10.6 Å².